The zero-order chi connectivity index (χ0) is 19.4. The maximum atomic E-state index is 6.08. The Morgan fingerprint density at radius 1 is 1.08 bits per heavy atom. The Morgan fingerprint density at radius 3 is 2.27 bits per heavy atom. The Bertz CT molecular complexity index is 527. The molecule has 0 spiro atoms. The van der Waals surface area contributed by atoms with Crippen molar-refractivity contribution in [1.29, 1.82) is 0 Å². The van der Waals surface area contributed by atoms with Crippen LogP contribution >= 0.6 is 0 Å². The summed E-state index contributed by atoms with van der Waals surface area (Å²) in [4.78, 5) is 7.19. The van der Waals surface area contributed by atoms with E-state index in [9.17, 15) is 0 Å². The highest BCUT2D eigenvalue weighted by atomic mass is 16.5. The molecule has 3 nitrogen and oxygen atoms in total. The van der Waals surface area contributed by atoms with E-state index >= 15 is 0 Å². The molecule has 2 rings (SSSR count). The van der Waals surface area contributed by atoms with Crippen LogP contribution in [-0.4, -0.2) is 36.2 Å². The lowest BCUT2D eigenvalue weighted by Crippen LogP contribution is -2.47. The average molecular weight is 361 g/mol. The van der Waals surface area contributed by atoms with Gasteiger partial charge in [-0.05, 0) is 75.1 Å². The minimum Gasteiger partial charge on any atom is -0.381 e. The lowest BCUT2D eigenvalue weighted by Gasteiger charge is -2.43. The molecule has 0 bridgehead atoms. The SMILES string of the molecule is CC(COCC(C)C(C)(C)C)C1CCN(C(C)(C)c2ccccn2)CC1. The first-order chi connectivity index (χ1) is 12.1. The summed E-state index contributed by atoms with van der Waals surface area (Å²) in [5.74, 6) is 2.01. The fourth-order valence-corrected chi connectivity index (χ4v) is 3.73. The van der Waals surface area contributed by atoms with Crippen molar-refractivity contribution < 1.29 is 4.74 Å². The largest absolute Gasteiger partial charge is 0.381 e. The maximum Gasteiger partial charge on any atom is 0.0601 e. The van der Waals surface area contributed by atoms with Gasteiger partial charge in [-0.25, -0.2) is 0 Å². The van der Waals surface area contributed by atoms with Crippen molar-refractivity contribution in [2.75, 3.05) is 26.3 Å². The van der Waals surface area contributed by atoms with Crippen LogP contribution in [0.5, 0.6) is 0 Å². The molecule has 3 heteroatoms. The van der Waals surface area contributed by atoms with Crippen LogP contribution in [0.3, 0.4) is 0 Å². The second-order valence-electron chi connectivity index (χ2n) is 9.88. The van der Waals surface area contributed by atoms with E-state index in [1.165, 1.54) is 18.5 Å². The number of likely N-dealkylation sites (tertiary alicyclic amines) is 1. The summed E-state index contributed by atoms with van der Waals surface area (Å²) >= 11 is 0. The molecule has 0 aliphatic carbocycles. The van der Waals surface area contributed by atoms with Gasteiger partial charge in [-0.3, -0.25) is 9.88 Å². The number of pyridine rings is 1. The van der Waals surface area contributed by atoms with Crippen molar-refractivity contribution >= 4 is 0 Å². The smallest absolute Gasteiger partial charge is 0.0601 e. The second kappa shape index (κ2) is 8.84. The van der Waals surface area contributed by atoms with Gasteiger partial charge < -0.3 is 4.74 Å². The summed E-state index contributed by atoms with van der Waals surface area (Å²) in [6.07, 6.45) is 4.42. The highest BCUT2D eigenvalue weighted by Crippen LogP contribution is 2.33. The van der Waals surface area contributed by atoms with Crippen molar-refractivity contribution in [3.05, 3.63) is 30.1 Å². The molecule has 26 heavy (non-hydrogen) atoms. The van der Waals surface area contributed by atoms with Gasteiger partial charge in [0, 0.05) is 19.4 Å². The summed E-state index contributed by atoms with van der Waals surface area (Å²) in [6.45, 7) is 20.2. The summed E-state index contributed by atoms with van der Waals surface area (Å²) in [7, 11) is 0. The molecule has 1 fully saturated rings. The van der Waals surface area contributed by atoms with Gasteiger partial charge in [0.1, 0.15) is 0 Å². The van der Waals surface area contributed by atoms with Crippen LogP contribution in [0.15, 0.2) is 24.4 Å². The Hall–Kier alpha value is -0.930. The Kier molecular flexibility index (Phi) is 7.27. The first kappa shape index (κ1) is 21.4. The summed E-state index contributed by atoms with van der Waals surface area (Å²) in [5.41, 5.74) is 1.51. The van der Waals surface area contributed by atoms with Crippen LogP contribution in [0.4, 0.5) is 0 Å². The van der Waals surface area contributed by atoms with Gasteiger partial charge in [0.2, 0.25) is 0 Å². The number of ether oxygens (including phenoxy) is 1. The van der Waals surface area contributed by atoms with E-state index in [0.29, 0.717) is 17.3 Å². The summed E-state index contributed by atoms with van der Waals surface area (Å²) in [6, 6.07) is 6.24. The number of rotatable bonds is 7. The fraction of sp³-hybridized carbons (Fsp3) is 0.783. The molecule has 0 amide bonds. The Morgan fingerprint density at radius 2 is 1.73 bits per heavy atom. The molecule has 2 atom stereocenters. The van der Waals surface area contributed by atoms with E-state index in [1.807, 2.05) is 12.3 Å². The zero-order valence-electron chi connectivity index (χ0n) is 18.1. The van der Waals surface area contributed by atoms with Gasteiger partial charge in [0.15, 0.2) is 0 Å². The Balaban J connectivity index is 1.79. The molecule has 1 aromatic rings. The van der Waals surface area contributed by atoms with E-state index in [0.717, 1.165) is 32.2 Å². The summed E-state index contributed by atoms with van der Waals surface area (Å²) < 4.78 is 6.08. The van der Waals surface area contributed by atoms with Crippen molar-refractivity contribution in [3.63, 3.8) is 0 Å². The minimum absolute atomic E-state index is 0.00804. The molecule has 0 N–H and O–H groups in total. The van der Waals surface area contributed by atoms with E-state index in [4.69, 9.17) is 4.74 Å². The Labute approximate surface area is 161 Å². The van der Waals surface area contributed by atoms with Crippen LogP contribution in [0, 0.1) is 23.2 Å². The third-order valence-corrected chi connectivity index (χ3v) is 6.65. The zero-order valence-corrected chi connectivity index (χ0v) is 18.1. The highest BCUT2D eigenvalue weighted by molar-refractivity contribution is 5.14. The van der Waals surface area contributed by atoms with Gasteiger partial charge >= 0.3 is 0 Å². The first-order valence-corrected chi connectivity index (χ1v) is 10.4. The number of aromatic nitrogens is 1. The fourth-order valence-electron chi connectivity index (χ4n) is 3.73. The topological polar surface area (TPSA) is 25.4 Å². The standard InChI is InChI=1S/C23H40N2O/c1-18(16-26-17-19(2)22(3,4)5)20-11-14-25(15-12-20)23(6,7)21-10-8-9-13-24-21/h8-10,13,18-20H,11-12,14-17H2,1-7H3. The van der Waals surface area contributed by atoms with Crippen LogP contribution in [0.25, 0.3) is 0 Å². The number of hydrogen-bond acceptors (Lipinski definition) is 3. The molecule has 0 aromatic carbocycles. The minimum atomic E-state index is 0.00804. The quantitative estimate of drug-likeness (QED) is 0.654. The van der Waals surface area contributed by atoms with Crippen molar-refractivity contribution in [2.45, 2.75) is 66.8 Å². The first-order valence-electron chi connectivity index (χ1n) is 10.4. The molecule has 148 valence electrons. The van der Waals surface area contributed by atoms with Gasteiger partial charge in [0.05, 0.1) is 11.2 Å². The van der Waals surface area contributed by atoms with Crippen LogP contribution in [0.1, 0.15) is 67.0 Å². The lowest BCUT2D eigenvalue weighted by molar-refractivity contribution is 0.0110. The van der Waals surface area contributed by atoms with E-state index in [1.54, 1.807) is 0 Å². The molecule has 1 saturated heterocycles. The molecule has 0 radical (unpaired) electrons. The van der Waals surface area contributed by atoms with Crippen LogP contribution < -0.4 is 0 Å². The van der Waals surface area contributed by atoms with E-state index in [-0.39, 0.29) is 5.54 Å². The predicted octanol–water partition coefficient (Wildman–Crippen LogP) is 5.36. The lowest BCUT2D eigenvalue weighted by atomic mass is 9.82. The molecule has 1 aliphatic rings. The molecule has 2 heterocycles. The number of nitrogens with zero attached hydrogens (tertiary/aromatic N) is 2. The van der Waals surface area contributed by atoms with E-state index in [2.05, 4.69) is 70.5 Å². The number of piperidine rings is 1. The third kappa shape index (κ3) is 5.53. The van der Waals surface area contributed by atoms with E-state index < -0.39 is 0 Å². The van der Waals surface area contributed by atoms with Crippen molar-refractivity contribution in [2.24, 2.45) is 23.2 Å². The highest BCUT2D eigenvalue weighted by Gasteiger charge is 2.34. The van der Waals surface area contributed by atoms with Gasteiger partial charge in [0.25, 0.3) is 0 Å². The monoisotopic (exact) mass is 360 g/mol. The third-order valence-electron chi connectivity index (χ3n) is 6.65. The molecular formula is C23H40N2O. The average Bonchev–Trinajstić information content (AvgIpc) is 2.61. The van der Waals surface area contributed by atoms with Crippen molar-refractivity contribution in [3.8, 4) is 0 Å². The molecular weight excluding hydrogens is 320 g/mol. The second-order valence-corrected chi connectivity index (χ2v) is 9.88. The number of hydrogen-bond donors (Lipinski definition) is 0. The normalized spacial score (nSPS) is 20.1. The molecule has 0 saturated carbocycles. The predicted molar refractivity (Wildman–Crippen MR) is 110 cm³/mol. The van der Waals surface area contributed by atoms with Crippen molar-refractivity contribution in [1.82, 2.24) is 9.88 Å². The van der Waals surface area contributed by atoms with Gasteiger partial charge in [-0.2, -0.15) is 0 Å². The molecule has 2 unspecified atom stereocenters. The van der Waals surface area contributed by atoms with Gasteiger partial charge in [-0.15, -0.1) is 0 Å². The van der Waals surface area contributed by atoms with Crippen LogP contribution in [-0.2, 0) is 10.3 Å². The van der Waals surface area contributed by atoms with Gasteiger partial charge in [-0.1, -0.05) is 40.7 Å². The maximum absolute atomic E-state index is 6.08. The van der Waals surface area contributed by atoms with Crippen LogP contribution in [0.2, 0.25) is 0 Å². The molecule has 1 aromatic heterocycles. The summed E-state index contributed by atoms with van der Waals surface area (Å²) in [5, 5.41) is 0. The molecule has 1 aliphatic heterocycles.